The third-order valence-corrected chi connectivity index (χ3v) is 5.68. The van der Waals surface area contributed by atoms with Gasteiger partial charge in [0, 0.05) is 0 Å². The van der Waals surface area contributed by atoms with E-state index in [-0.39, 0.29) is 5.78 Å². The summed E-state index contributed by atoms with van der Waals surface area (Å²) < 4.78 is 18.4. The molecule has 0 aliphatic carbocycles. The van der Waals surface area contributed by atoms with Crippen molar-refractivity contribution < 1.29 is 19.0 Å². The summed E-state index contributed by atoms with van der Waals surface area (Å²) in [5.41, 5.74) is 0.501. The van der Waals surface area contributed by atoms with Gasteiger partial charge < -0.3 is 9.84 Å². The van der Waals surface area contributed by atoms with Crippen molar-refractivity contribution in [2.75, 3.05) is 13.8 Å². The number of methoxy groups -OCH3 is 1. The average molecular weight is 384 g/mol. The number of ketones is 1. The van der Waals surface area contributed by atoms with E-state index in [0.717, 1.165) is 22.4 Å². The zero-order valence-electron chi connectivity index (χ0n) is 17.0. The third-order valence-electron chi connectivity index (χ3n) is 5.68. The van der Waals surface area contributed by atoms with Crippen LogP contribution in [0.4, 0.5) is 4.39 Å². The summed E-state index contributed by atoms with van der Waals surface area (Å²) >= 11 is 0. The highest BCUT2D eigenvalue weighted by Crippen LogP contribution is 2.37. The second-order valence-electron chi connectivity index (χ2n) is 7.59. The number of aliphatic hydroxyl groups is 1. The van der Waals surface area contributed by atoms with Gasteiger partial charge in [-0.3, -0.25) is 4.79 Å². The van der Waals surface area contributed by atoms with Gasteiger partial charge in [0.05, 0.1) is 12.5 Å². The highest BCUT2D eigenvalue weighted by Gasteiger charge is 2.46. The molecule has 0 fully saturated rings. The van der Waals surface area contributed by atoms with Gasteiger partial charge in [-0.2, -0.15) is 0 Å². The lowest BCUT2D eigenvalue weighted by atomic mass is 9.69. The molecular formula is C24H29FO3. The standard InChI is InChI=1S/C24H29FO3/c1-18(26)23(2,24(3,27)17-25)16-6-5-7-19-8-10-20(11-9-19)21-12-14-22(28-4)15-13-21/h5,7-15,27H,6,16-17H2,1-4H3/b7-5+/t23-,24-/m1/s1. The molecule has 0 aliphatic rings. The van der Waals surface area contributed by atoms with Crippen molar-refractivity contribution in [1.29, 1.82) is 0 Å². The summed E-state index contributed by atoms with van der Waals surface area (Å²) in [6.45, 7) is 3.48. The van der Waals surface area contributed by atoms with Crippen molar-refractivity contribution in [3.8, 4) is 16.9 Å². The number of hydrogen-bond acceptors (Lipinski definition) is 3. The lowest BCUT2D eigenvalue weighted by molar-refractivity contribution is -0.145. The molecule has 3 nitrogen and oxygen atoms in total. The van der Waals surface area contributed by atoms with E-state index >= 15 is 0 Å². The van der Waals surface area contributed by atoms with E-state index in [1.807, 2.05) is 48.6 Å². The Balaban J connectivity index is 2.01. The number of Topliss-reactive ketones (excluding diaryl/α,β-unsaturated/α-hetero) is 1. The molecular weight excluding hydrogens is 355 g/mol. The minimum atomic E-state index is -1.66. The highest BCUT2D eigenvalue weighted by atomic mass is 19.1. The van der Waals surface area contributed by atoms with E-state index in [0.29, 0.717) is 12.8 Å². The van der Waals surface area contributed by atoms with Gasteiger partial charge in [0.25, 0.3) is 0 Å². The van der Waals surface area contributed by atoms with E-state index in [1.165, 1.54) is 13.8 Å². The maximum absolute atomic E-state index is 13.2. The normalized spacial score (nSPS) is 15.8. The Morgan fingerprint density at radius 2 is 1.61 bits per heavy atom. The molecule has 0 amide bonds. The van der Waals surface area contributed by atoms with Crippen LogP contribution in [0.5, 0.6) is 5.75 Å². The fourth-order valence-electron chi connectivity index (χ4n) is 3.13. The van der Waals surface area contributed by atoms with E-state index < -0.39 is 17.7 Å². The molecule has 2 aromatic rings. The molecule has 0 unspecified atom stereocenters. The van der Waals surface area contributed by atoms with Crippen LogP contribution >= 0.6 is 0 Å². The second-order valence-corrected chi connectivity index (χ2v) is 7.59. The molecule has 0 saturated carbocycles. The summed E-state index contributed by atoms with van der Waals surface area (Å²) in [7, 11) is 1.65. The molecule has 0 radical (unpaired) electrons. The molecule has 2 rings (SSSR count). The van der Waals surface area contributed by atoms with Crippen LogP contribution < -0.4 is 4.74 Å². The second kappa shape index (κ2) is 9.16. The van der Waals surface area contributed by atoms with E-state index in [4.69, 9.17) is 4.74 Å². The van der Waals surface area contributed by atoms with Crippen molar-refractivity contribution in [1.82, 2.24) is 0 Å². The topological polar surface area (TPSA) is 46.5 Å². The van der Waals surface area contributed by atoms with Crippen LogP contribution in [-0.4, -0.2) is 30.3 Å². The van der Waals surface area contributed by atoms with E-state index in [1.54, 1.807) is 14.0 Å². The Hall–Kier alpha value is -2.46. The summed E-state index contributed by atoms with van der Waals surface area (Å²) in [6, 6.07) is 16.1. The van der Waals surface area contributed by atoms with E-state index in [9.17, 15) is 14.3 Å². The smallest absolute Gasteiger partial charge is 0.138 e. The molecule has 2 atom stereocenters. The molecule has 0 heterocycles. The zero-order chi connectivity index (χ0) is 20.8. The maximum atomic E-state index is 13.2. The number of ether oxygens (including phenoxy) is 1. The lowest BCUT2D eigenvalue weighted by Gasteiger charge is -2.39. The average Bonchev–Trinajstić information content (AvgIpc) is 2.71. The van der Waals surface area contributed by atoms with Gasteiger partial charge in [-0.1, -0.05) is 48.6 Å². The predicted molar refractivity (Wildman–Crippen MR) is 112 cm³/mol. The minimum absolute atomic E-state index is 0.201. The fourth-order valence-corrected chi connectivity index (χ4v) is 3.13. The van der Waals surface area contributed by atoms with Crippen LogP contribution in [0.2, 0.25) is 0 Å². The molecule has 0 bridgehead atoms. The number of carbonyl (C=O) groups is 1. The Morgan fingerprint density at radius 1 is 1.07 bits per heavy atom. The largest absolute Gasteiger partial charge is 0.497 e. The first-order valence-corrected chi connectivity index (χ1v) is 9.44. The molecule has 0 saturated heterocycles. The van der Waals surface area contributed by atoms with Gasteiger partial charge in [0.15, 0.2) is 0 Å². The molecule has 0 aliphatic heterocycles. The number of benzene rings is 2. The van der Waals surface area contributed by atoms with Gasteiger partial charge in [0.1, 0.15) is 23.8 Å². The van der Waals surface area contributed by atoms with Gasteiger partial charge in [-0.05, 0) is 62.4 Å². The van der Waals surface area contributed by atoms with Gasteiger partial charge in [0.2, 0.25) is 0 Å². The number of hydrogen-bond donors (Lipinski definition) is 1. The molecule has 28 heavy (non-hydrogen) atoms. The summed E-state index contributed by atoms with van der Waals surface area (Å²) in [6.07, 6.45) is 4.90. The van der Waals surface area contributed by atoms with Gasteiger partial charge in [-0.15, -0.1) is 0 Å². The first-order valence-electron chi connectivity index (χ1n) is 9.44. The molecule has 1 N–H and O–H groups in total. The predicted octanol–water partition coefficient (Wildman–Crippen LogP) is 5.47. The Labute approximate surface area is 166 Å². The monoisotopic (exact) mass is 384 g/mol. The van der Waals surface area contributed by atoms with Crippen molar-refractivity contribution in [2.24, 2.45) is 5.41 Å². The summed E-state index contributed by atoms with van der Waals surface area (Å²) in [5, 5.41) is 10.3. The van der Waals surface area contributed by atoms with Crippen molar-refractivity contribution in [2.45, 2.75) is 39.2 Å². The van der Waals surface area contributed by atoms with Gasteiger partial charge in [-0.25, -0.2) is 4.39 Å². The van der Waals surface area contributed by atoms with E-state index in [2.05, 4.69) is 12.1 Å². The number of halogens is 1. The summed E-state index contributed by atoms with van der Waals surface area (Å²) in [4.78, 5) is 12.0. The molecule has 150 valence electrons. The Kier molecular flexibility index (Phi) is 7.14. The first-order chi connectivity index (χ1) is 13.2. The SMILES string of the molecule is COc1ccc(-c2ccc(/C=C/CC[C@](C)(C(C)=O)[C@](C)(O)CF)cc2)cc1. The van der Waals surface area contributed by atoms with Crippen molar-refractivity contribution >= 4 is 11.9 Å². The van der Waals surface area contributed by atoms with Crippen LogP contribution in [0.15, 0.2) is 54.6 Å². The minimum Gasteiger partial charge on any atom is -0.497 e. The Morgan fingerprint density at radius 3 is 2.07 bits per heavy atom. The van der Waals surface area contributed by atoms with Crippen molar-refractivity contribution in [3.63, 3.8) is 0 Å². The zero-order valence-corrected chi connectivity index (χ0v) is 17.0. The van der Waals surface area contributed by atoms with Crippen molar-refractivity contribution in [3.05, 3.63) is 60.2 Å². The van der Waals surface area contributed by atoms with Crippen LogP contribution in [0.1, 0.15) is 39.2 Å². The number of carbonyl (C=O) groups excluding carboxylic acids is 1. The number of allylic oxidation sites excluding steroid dienone is 1. The Bertz CT molecular complexity index is 807. The number of rotatable bonds is 9. The molecule has 4 heteroatoms. The third kappa shape index (κ3) is 4.87. The first kappa shape index (κ1) is 21.8. The van der Waals surface area contributed by atoms with Crippen LogP contribution in [0.3, 0.4) is 0 Å². The van der Waals surface area contributed by atoms with Crippen LogP contribution in [0.25, 0.3) is 17.2 Å². The lowest BCUT2D eigenvalue weighted by Crippen LogP contribution is -2.50. The molecule has 0 spiro atoms. The van der Waals surface area contributed by atoms with Crippen LogP contribution in [-0.2, 0) is 4.79 Å². The maximum Gasteiger partial charge on any atom is 0.138 e. The molecule has 0 aromatic heterocycles. The molecule has 2 aromatic carbocycles. The highest BCUT2D eigenvalue weighted by molar-refractivity contribution is 5.83. The van der Waals surface area contributed by atoms with Gasteiger partial charge >= 0.3 is 0 Å². The van der Waals surface area contributed by atoms with Crippen LogP contribution in [0, 0.1) is 5.41 Å². The quantitative estimate of drug-likeness (QED) is 0.623. The number of alkyl halides is 1. The summed E-state index contributed by atoms with van der Waals surface area (Å²) in [5.74, 6) is 0.625. The fraction of sp³-hybridized carbons (Fsp3) is 0.375.